The van der Waals surface area contributed by atoms with Crippen LogP contribution in [0.3, 0.4) is 0 Å². The summed E-state index contributed by atoms with van der Waals surface area (Å²) >= 11 is 6.17. The monoisotopic (exact) mass is 247 g/mol. The van der Waals surface area contributed by atoms with Crippen molar-refractivity contribution in [3.8, 4) is 0 Å². The van der Waals surface area contributed by atoms with Crippen molar-refractivity contribution in [1.29, 1.82) is 0 Å². The third-order valence-electron chi connectivity index (χ3n) is 1.98. The smallest absolute Gasteiger partial charge is 0.263 e. The molecule has 1 aromatic rings. The topological polar surface area (TPSA) is 29.1 Å². The Morgan fingerprint density at radius 3 is 2.62 bits per heavy atom. The van der Waals surface area contributed by atoms with Crippen molar-refractivity contribution >= 4 is 40.3 Å². The first kappa shape index (κ1) is 11.1. The predicted octanol–water partition coefficient (Wildman–Crippen LogP) is 2.73. The second kappa shape index (κ2) is 5.09. The summed E-state index contributed by atoms with van der Waals surface area (Å²) in [6.07, 6.45) is 5.57. The van der Waals surface area contributed by atoms with E-state index in [9.17, 15) is 4.79 Å². The van der Waals surface area contributed by atoms with Crippen LogP contribution in [0.15, 0.2) is 47.4 Å². The van der Waals surface area contributed by atoms with Crippen molar-refractivity contribution in [2.24, 2.45) is 0 Å². The molecule has 1 saturated heterocycles. The van der Waals surface area contributed by atoms with Gasteiger partial charge in [-0.3, -0.25) is 4.79 Å². The molecule has 1 aromatic carbocycles. The highest BCUT2D eigenvalue weighted by Gasteiger charge is 2.20. The first-order chi connectivity index (χ1) is 7.75. The van der Waals surface area contributed by atoms with Crippen LogP contribution in [-0.2, 0) is 4.79 Å². The summed E-state index contributed by atoms with van der Waals surface area (Å²) in [6, 6.07) is 9.91. The third kappa shape index (κ3) is 2.81. The molecule has 4 heteroatoms. The van der Waals surface area contributed by atoms with Crippen LogP contribution in [0.1, 0.15) is 5.56 Å². The van der Waals surface area contributed by atoms with Crippen molar-refractivity contribution in [2.75, 3.05) is 0 Å². The summed E-state index contributed by atoms with van der Waals surface area (Å²) in [7, 11) is 0. The lowest BCUT2D eigenvalue weighted by Gasteiger charge is -1.89. The molecule has 1 amide bonds. The average Bonchev–Trinajstić information content (AvgIpc) is 2.59. The van der Waals surface area contributed by atoms with Crippen LogP contribution in [0.4, 0.5) is 0 Å². The normalized spacial score (nSPS) is 18.4. The van der Waals surface area contributed by atoms with Crippen LogP contribution in [0.25, 0.3) is 6.08 Å². The number of nitrogens with one attached hydrogen (secondary N) is 1. The zero-order chi connectivity index (χ0) is 11.4. The number of hydrogen-bond donors (Lipinski definition) is 1. The summed E-state index contributed by atoms with van der Waals surface area (Å²) in [5, 5.41) is 2.57. The Balaban J connectivity index is 2.07. The molecule has 0 aromatic heterocycles. The number of thioether (sulfide) groups is 1. The van der Waals surface area contributed by atoms with Crippen molar-refractivity contribution in [3.05, 3.63) is 53.0 Å². The lowest BCUT2D eigenvalue weighted by molar-refractivity contribution is -0.115. The minimum Gasteiger partial charge on any atom is -0.307 e. The number of rotatable bonds is 2. The van der Waals surface area contributed by atoms with E-state index < -0.39 is 0 Å². The van der Waals surface area contributed by atoms with Gasteiger partial charge in [-0.15, -0.1) is 0 Å². The van der Waals surface area contributed by atoms with Gasteiger partial charge in [0.05, 0.1) is 4.91 Å². The minimum absolute atomic E-state index is 0.118. The molecular weight excluding hydrogens is 238 g/mol. The molecule has 0 bridgehead atoms. The Kier molecular flexibility index (Phi) is 3.54. The highest BCUT2D eigenvalue weighted by molar-refractivity contribution is 8.26. The van der Waals surface area contributed by atoms with Gasteiger partial charge in [0.2, 0.25) is 0 Å². The van der Waals surface area contributed by atoms with Crippen molar-refractivity contribution in [1.82, 2.24) is 5.32 Å². The number of benzene rings is 1. The first-order valence-corrected chi connectivity index (χ1v) is 5.95. The maximum absolute atomic E-state index is 11.3. The van der Waals surface area contributed by atoms with Gasteiger partial charge in [0, 0.05) is 0 Å². The van der Waals surface area contributed by atoms with Crippen LogP contribution in [-0.4, -0.2) is 10.2 Å². The maximum atomic E-state index is 11.3. The van der Waals surface area contributed by atoms with E-state index in [1.165, 1.54) is 11.8 Å². The second-order valence-electron chi connectivity index (χ2n) is 3.14. The van der Waals surface area contributed by atoms with Crippen molar-refractivity contribution < 1.29 is 4.79 Å². The molecule has 1 aliphatic heterocycles. The van der Waals surface area contributed by atoms with Crippen LogP contribution in [0.5, 0.6) is 0 Å². The molecule has 2 nitrogen and oxygen atoms in total. The van der Waals surface area contributed by atoms with Crippen LogP contribution in [0.2, 0.25) is 0 Å². The Bertz CT molecular complexity index is 477. The van der Waals surface area contributed by atoms with Gasteiger partial charge in [0.1, 0.15) is 4.32 Å². The molecule has 1 heterocycles. The van der Waals surface area contributed by atoms with E-state index in [1.807, 2.05) is 42.5 Å². The fourth-order valence-electron chi connectivity index (χ4n) is 1.25. The van der Waals surface area contributed by atoms with Gasteiger partial charge in [0.25, 0.3) is 5.91 Å². The highest BCUT2D eigenvalue weighted by Crippen LogP contribution is 2.23. The van der Waals surface area contributed by atoms with E-state index in [0.717, 1.165) is 5.56 Å². The van der Waals surface area contributed by atoms with Gasteiger partial charge in [-0.05, 0) is 11.6 Å². The SMILES string of the molecule is O=C1NC(=S)SC1=C/C=C/c1ccccc1. The first-order valence-electron chi connectivity index (χ1n) is 4.72. The molecular formula is C12H9NOS2. The molecule has 0 atom stereocenters. The Hall–Kier alpha value is -1.39. The summed E-state index contributed by atoms with van der Waals surface area (Å²) in [5.41, 5.74) is 1.10. The molecule has 0 saturated carbocycles. The Morgan fingerprint density at radius 2 is 2.00 bits per heavy atom. The van der Waals surface area contributed by atoms with Gasteiger partial charge in [-0.25, -0.2) is 0 Å². The highest BCUT2D eigenvalue weighted by atomic mass is 32.2. The minimum atomic E-state index is -0.118. The van der Waals surface area contributed by atoms with E-state index in [0.29, 0.717) is 9.23 Å². The van der Waals surface area contributed by atoms with Crippen LogP contribution < -0.4 is 5.32 Å². The average molecular weight is 247 g/mol. The largest absolute Gasteiger partial charge is 0.307 e. The molecule has 2 rings (SSSR count). The molecule has 0 unspecified atom stereocenters. The molecule has 1 N–H and O–H groups in total. The summed E-state index contributed by atoms with van der Waals surface area (Å²) < 4.78 is 0.518. The third-order valence-corrected chi connectivity index (χ3v) is 3.16. The number of amides is 1. The van der Waals surface area contributed by atoms with E-state index in [2.05, 4.69) is 5.32 Å². The predicted molar refractivity (Wildman–Crippen MR) is 71.9 cm³/mol. The molecule has 0 radical (unpaired) electrons. The van der Waals surface area contributed by atoms with Gasteiger partial charge < -0.3 is 5.32 Å². The van der Waals surface area contributed by atoms with Crippen molar-refractivity contribution in [2.45, 2.75) is 0 Å². The molecule has 0 spiro atoms. The Labute approximate surface area is 103 Å². The van der Waals surface area contributed by atoms with Gasteiger partial charge in [-0.2, -0.15) is 0 Å². The lowest BCUT2D eigenvalue weighted by atomic mass is 10.2. The number of carbonyl (C=O) groups excluding carboxylic acids is 1. The van der Waals surface area contributed by atoms with E-state index in [1.54, 1.807) is 6.08 Å². The number of hydrogen-bond acceptors (Lipinski definition) is 3. The van der Waals surface area contributed by atoms with E-state index in [4.69, 9.17) is 12.2 Å². The molecule has 1 aliphatic rings. The van der Waals surface area contributed by atoms with Crippen molar-refractivity contribution in [3.63, 3.8) is 0 Å². The summed E-state index contributed by atoms with van der Waals surface area (Å²) in [5.74, 6) is -0.118. The molecule has 0 aliphatic carbocycles. The van der Waals surface area contributed by atoms with Gasteiger partial charge in [0.15, 0.2) is 0 Å². The fourth-order valence-corrected chi connectivity index (χ4v) is 2.24. The van der Waals surface area contributed by atoms with Gasteiger partial charge >= 0.3 is 0 Å². The quantitative estimate of drug-likeness (QED) is 0.643. The number of thiocarbonyl (C=S) groups is 1. The summed E-state index contributed by atoms with van der Waals surface area (Å²) in [6.45, 7) is 0. The molecule has 16 heavy (non-hydrogen) atoms. The molecule has 1 fully saturated rings. The zero-order valence-corrected chi connectivity index (χ0v) is 9.98. The van der Waals surface area contributed by atoms with E-state index >= 15 is 0 Å². The lowest BCUT2D eigenvalue weighted by Crippen LogP contribution is -2.17. The van der Waals surface area contributed by atoms with Crippen LogP contribution >= 0.6 is 24.0 Å². The van der Waals surface area contributed by atoms with Gasteiger partial charge in [-0.1, -0.05) is 66.5 Å². The zero-order valence-electron chi connectivity index (χ0n) is 8.34. The number of carbonyl (C=O) groups is 1. The summed E-state index contributed by atoms with van der Waals surface area (Å²) in [4.78, 5) is 11.9. The maximum Gasteiger partial charge on any atom is 0.263 e. The van der Waals surface area contributed by atoms with Crippen LogP contribution in [0, 0.1) is 0 Å². The standard InChI is InChI=1S/C12H9NOS2/c14-11-10(16-12(15)13-11)8-4-7-9-5-2-1-3-6-9/h1-8H,(H,13,14,15)/b7-4+,10-8?. The van der Waals surface area contributed by atoms with E-state index in [-0.39, 0.29) is 5.91 Å². The molecule has 80 valence electrons. The Morgan fingerprint density at radius 1 is 1.25 bits per heavy atom. The second-order valence-corrected chi connectivity index (χ2v) is 4.86. The number of allylic oxidation sites excluding steroid dienone is 2. The fraction of sp³-hybridized carbons (Fsp3) is 0.